The van der Waals surface area contributed by atoms with E-state index in [0.717, 1.165) is 0 Å². The highest BCUT2D eigenvalue weighted by Crippen LogP contribution is 2.43. The smallest absolute Gasteiger partial charge is 0.171 e. The van der Waals surface area contributed by atoms with Crippen molar-refractivity contribution < 1.29 is 14.6 Å². The number of ether oxygens (including phenoxy) is 2. The molecule has 0 aliphatic carbocycles. The third-order valence-electron chi connectivity index (χ3n) is 3.51. The largest absolute Gasteiger partial charge is 0.396 e. The fourth-order valence-corrected chi connectivity index (χ4v) is 1.56. The van der Waals surface area contributed by atoms with E-state index in [-0.39, 0.29) is 17.9 Å². The lowest BCUT2D eigenvalue weighted by Crippen LogP contribution is -2.48. The molecular formula is C10H20O3. The molecule has 0 aromatic heterocycles. The highest BCUT2D eigenvalue weighted by molar-refractivity contribution is 4.89. The zero-order chi connectivity index (χ0) is 10.1. The van der Waals surface area contributed by atoms with E-state index in [9.17, 15) is 0 Å². The van der Waals surface area contributed by atoms with E-state index < -0.39 is 5.79 Å². The van der Waals surface area contributed by atoms with Gasteiger partial charge in [0.05, 0.1) is 13.2 Å². The van der Waals surface area contributed by atoms with Crippen LogP contribution in [-0.2, 0) is 9.47 Å². The molecule has 1 saturated heterocycles. The second-order valence-corrected chi connectivity index (χ2v) is 4.45. The molecule has 1 aliphatic heterocycles. The average Bonchev–Trinajstić information content (AvgIpc) is 2.52. The third kappa shape index (κ3) is 1.73. The first-order valence-electron chi connectivity index (χ1n) is 4.83. The lowest BCUT2D eigenvalue weighted by atomic mass is 9.74. The summed E-state index contributed by atoms with van der Waals surface area (Å²) < 4.78 is 11.2. The summed E-state index contributed by atoms with van der Waals surface area (Å²) in [6, 6.07) is 0. The first kappa shape index (κ1) is 11.0. The molecule has 0 aromatic carbocycles. The minimum absolute atomic E-state index is 0.162. The second kappa shape index (κ2) is 3.56. The van der Waals surface area contributed by atoms with E-state index in [1.54, 1.807) is 0 Å². The minimum Gasteiger partial charge on any atom is -0.396 e. The molecule has 1 heterocycles. The van der Waals surface area contributed by atoms with Gasteiger partial charge in [-0.15, -0.1) is 0 Å². The summed E-state index contributed by atoms with van der Waals surface area (Å²) in [5, 5.41) is 9.13. The van der Waals surface area contributed by atoms with Gasteiger partial charge in [-0.05, 0) is 12.8 Å². The summed E-state index contributed by atoms with van der Waals surface area (Å²) in [7, 11) is 0. The van der Waals surface area contributed by atoms with Crippen LogP contribution in [0.25, 0.3) is 0 Å². The minimum atomic E-state index is -0.546. The molecule has 1 unspecified atom stereocenters. The van der Waals surface area contributed by atoms with Gasteiger partial charge >= 0.3 is 0 Å². The van der Waals surface area contributed by atoms with Crippen molar-refractivity contribution in [3.05, 3.63) is 0 Å². The number of hydrogen-bond acceptors (Lipinski definition) is 3. The molecule has 0 saturated carbocycles. The van der Waals surface area contributed by atoms with E-state index in [1.807, 2.05) is 13.8 Å². The van der Waals surface area contributed by atoms with E-state index in [1.165, 1.54) is 0 Å². The van der Waals surface area contributed by atoms with Crippen LogP contribution in [0, 0.1) is 11.3 Å². The molecule has 13 heavy (non-hydrogen) atoms. The lowest BCUT2D eigenvalue weighted by molar-refractivity contribution is -0.231. The predicted molar refractivity (Wildman–Crippen MR) is 50.3 cm³/mol. The van der Waals surface area contributed by atoms with Gasteiger partial charge in [-0.1, -0.05) is 20.8 Å². The monoisotopic (exact) mass is 188 g/mol. The Bertz CT molecular complexity index is 171. The standard InChI is InChI=1S/C10H20O3/c1-8(7-11)9(2,3)10(4)12-5-6-13-10/h8,11H,5-7H2,1-4H3. The van der Waals surface area contributed by atoms with Gasteiger partial charge in [0.2, 0.25) is 0 Å². The van der Waals surface area contributed by atoms with E-state index in [2.05, 4.69) is 13.8 Å². The fraction of sp³-hybridized carbons (Fsp3) is 1.00. The number of aliphatic hydroxyl groups is 1. The van der Waals surface area contributed by atoms with Crippen LogP contribution in [0.2, 0.25) is 0 Å². The molecule has 1 fully saturated rings. The van der Waals surface area contributed by atoms with Crippen LogP contribution in [0.1, 0.15) is 27.7 Å². The molecule has 3 heteroatoms. The first-order valence-corrected chi connectivity index (χ1v) is 4.83. The molecule has 0 aromatic rings. The maximum Gasteiger partial charge on any atom is 0.171 e. The molecule has 1 atom stereocenters. The van der Waals surface area contributed by atoms with Gasteiger partial charge in [0, 0.05) is 12.0 Å². The van der Waals surface area contributed by atoms with Crippen molar-refractivity contribution in [1.82, 2.24) is 0 Å². The van der Waals surface area contributed by atoms with E-state index >= 15 is 0 Å². The molecule has 0 radical (unpaired) electrons. The Morgan fingerprint density at radius 2 is 1.85 bits per heavy atom. The first-order chi connectivity index (χ1) is 5.94. The maximum absolute atomic E-state index is 9.13. The van der Waals surface area contributed by atoms with Crippen molar-refractivity contribution in [2.45, 2.75) is 33.5 Å². The van der Waals surface area contributed by atoms with Crippen molar-refractivity contribution in [3.8, 4) is 0 Å². The molecule has 78 valence electrons. The highest BCUT2D eigenvalue weighted by Gasteiger charge is 2.48. The van der Waals surface area contributed by atoms with Gasteiger partial charge in [-0.3, -0.25) is 0 Å². The van der Waals surface area contributed by atoms with Gasteiger partial charge in [0.15, 0.2) is 5.79 Å². The van der Waals surface area contributed by atoms with Crippen molar-refractivity contribution in [3.63, 3.8) is 0 Å². The Morgan fingerprint density at radius 3 is 2.23 bits per heavy atom. The van der Waals surface area contributed by atoms with Gasteiger partial charge in [0.25, 0.3) is 0 Å². The molecule has 1 rings (SSSR count). The Kier molecular flexibility index (Phi) is 3.00. The number of rotatable bonds is 3. The van der Waals surface area contributed by atoms with Crippen LogP contribution in [0.4, 0.5) is 0 Å². The number of aliphatic hydroxyl groups excluding tert-OH is 1. The third-order valence-corrected chi connectivity index (χ3v) is 3.51. The average molecular weight is 188 g/mol. The van der Waals surface area contributed by atoms with Crippen LogP contribution in [0.15, 0.2) is 0 Å². The number of hydrogen-bond donors (Lipinski definition) is 1. The summed E-state index contributed by atoms with van der Waals surface area (Å²) in [5.41, 5.74) is -0.168. The summed E-state index contributed by atoms with van der Waals surface area (Å²) in [4.78, 5) is 0. The lowest BCUT2D eigenvalue weighted by Gasteiger charge is -2.43. The Balaban J connectivity index is 2.77. The van der Waals surface area contributed by atoms with Gasteiger partial charge in [-0.2, -0.15) is 0 Å². The van der Waals surface area contributed by atoms with Gasteiger partial charge in [0.1, 0.15) is 0 Å². The maximum atomic E-state index is 9.13. The molecule has 1 aliphatic rings. The predicted octanol–water partition coefficient (Wildman–Crippen LogP) is 1.40. The van der Waals surface area contributed by atoms with Crippen molar-refractivity contribution in [2.24, 2.45) is 11.3 Å². The summed E-state index contributed by atoms with van der Waals surface area (Å²) in [6.07, 6.45) is 0. The zero-order valence-electron chi connectivity index (χ0n) is 8.96. The van der Waals surface area contributed by atoms with Crippen LogP contribution in [0.3, 0.4) is 0 Å². The highest BCUT2D eigenvalue weighted by atomic mass is 16.7. The quantitative estimate of drug-likeness (QED) is 0.727. The van der Waals surface area contributed by atoms with Crippen molar-refractivity contribution >= 4 is 0 Å². The SMILES string of the molecule is CC(CO)C(C)(C)C1(C)OCCO1. The summed E-state index contributed by atoms with van der Waals surface area (Å²) >= 11 is 0. The Hall–Kier alpha value is -0.120. The molecule has 0 spiro atoms. The molecular weight excluding hydrogens is 168 g/mol. The molecule has 0 amide bonds. The van der Waals surface area contributed by atoms with Crippen molar-refractivity contribution in [2.75, 3.05) is 19.8 Å². The molecule has 3 nitrogen and oxygen atoms in total. The summed E-state index contributed by atoms with van der Waals surface area (Å²) in [6.45, 7) is 9.56. The zero-order valence-corrected chi connectivity index (χ0v) is 8.96. The normalized spacial score (nSPS) is 24.7. The topological polar surface area (TPSA) is 38.7 Å². The van der Waals surface area contributed by atoms with Crippen molar-refractivity contribution in [1.29, 1.82) is 0 Å². The fourth-order valence-electron chi connectivity index (χ4n) is 1.56. The van der Waals surface area contributed by atoms with E-state index in [0.29, 0.717) is 13.2 Å². The van der Waals surface area contributed by atoms with Crippen LogP contribution >= 0.6 is 0 Å². The van der Waals surface area contributed by atoms with Crippen LogP contribution in [-0.4, -0.2) is 30.7 Å². The molecule has 1 N–H and O–H groups in total. The Morgan fingerprint density at radius 1 is 1.38 bits per heavy atom. The summed E-state index contributed by atoms with van der Waals surface area (Å²) in [5.74, 6) is -0.384. The van der Waals surface area contributed by atoms with Crippen LogP contribution in [0.5, 0.6) is 0 Å². The van der Waals surface area contributed by atoms with Gasteiger partial charge < -0.3 is 14.6 Å². The van der Waals surface area contributed by atoms with Gasteiger partial charge in [-0.25, -0.2) is 0 Å². The van der Waals surface area contributed by atoms with E-state index in [4.69, 9.17) is 14.6 Å². The second-order valence-electron chi connectivity index (χ2n) is 4.45. The Labute approximate surface area is 80.0 Å². The van der Waals surface area contributed by atoms with Crippen LogP contribution < -0.4 is 0 Å². The molecule has 0 bridgehead atoms.